The first-order chi connectivity index (χ1) is 17.8. The molecule has 1 aromatic heterocycles. The third-order valence-electron chi connectivity index (χ3n) is 6.07. The number of aromatic nitrogens is 1. The maximum absolute atomic E-state index is 13.3. The number of carbonyl (C=O) groups is 1. The summed E-state index contributed by atoms with van der Waals surface area (Å²) in [7, 11) is -0.499. The molecule has 0 bridgehead atoms. The Morgan fingerprint density at radius 1 is 1.24 bits per heavy atom. The molecule has 2 heterocycles. The lowest BCUT2D eigenvalue weighted by Crippen LogP contribution is -2.43. The number of nitrogens with zero attached hydrogens (tertiary/aromatic N) is 2. The standard InChI is InChI=1S/C25H29ClN4O5S2/c1-4-35-22-10-8-18(13-19(22)26)37(32,33)30-11-5-6-17(14-30)24(31)28-20-12-16(7-9-23(20)34-3)21-15-36-25(27-2)29-21/h7-10,12-13,15,17H,4-6,11,14H2,1-3H3,(H,27,29)(H,28,31). The van der Waals surface area contributed by atoms with Crippen molar-refractivity contribution in [2.45, 2.75) is 24.7 Å². The topological polar surface area (TPSA) is 110 Å². The molecule has 1 aliphatic heterocycles. The van der Waals surface area contributed by atoms with Gasteiger partial charge in [0.2, 0.25) is 15.9 Å². The molecule has 3 aromatic rings. The molecular formula is C25H29ClN4O5S2. The van der Waals surface area contributed by atoms with E-state index in [0.717, 1.165) is 16.4 Å². The van der Waals surface area contributed by atoms with E-state index in [0.29, 0.717) is 43.2 Å². The minimum Gasteiger partial charge on any atom is -0.495 e. The van der Waals surface area contributed by atoms with Crippen LogP contribution in [0.5, 0.6) is 11.5 Å². The van der Waals surface area contributed by atoms with E-state index in [1.807, 2.05) is 24.4 Å². The van der Waals surface area contributed by atoms with Gasteiger partial charge in [-0.15, -0.1) is 11.3 Å². The number of piperidine rings is 1. The van der Waals surface area contributed by atoms with E-state index < -0.39 is 15.9 Å². The molecule has 0 saturated carbocycles. The molecule has 37 heavy (non-hydrogen) atoms. The van der Waals surface area contributed by atoms with Crippen LogP contribution in [0.3, 0.4) is 0 Å². The SMILES string of the molecule is CCOc1ccc(S(=O)(=O)N2CCCC(C(=O)Nc3cc(-c4csc(NC)n4)ccc3OC)C2)cc1Cl. The number of hydrogen-bond donors (Lipinski definition) is 2. The first-order valence-electron chi connectivity index (χ1n) is 11.8. The molecule has 9 nitrogen and oxygen atoms in total. The predicted octanol–water partition coefficient (Wildman–Crippen LogP) is 4.95. The van der Waals surface area contributed by atoms with Crippen LogP contribution in [0.1, 0.15) is 19.8 Å². The van der Waals surface area contributed by atoms with Gasteiger partial charge in [-0.2, -0.15) is 4.31 Å². The Bertz CT molecular complexity index is 1380. The summed E-state index contributed by atoms with van der Waals surface area (Å²) in [6, 6.07) is 9.87. The molecule has 4 rings (SSSR count). The average Bonchev–Trinajstić information content (AvgIpc) is 3.39. The lowest BCUT2D eigenvalue weighted by molar-refractivity contribution is -0.120. The molecule has 2 aromatic carbocycles. The van der Waals surface area contributed by atoms with Crippen LogP contribution < -0.4 is 20.1 Å². The van der Waals surface area contributed by atoms with Crippen LogP contribution >= 0.6 is 22.9 Å². The maximum atomic E-state index is 13.3. The number of hydrogen-bond acceptors (Lipinski definition) is 8. The number of nitrogens with one attached hydrogen (secondary N) is 2. The molecule has 1 atom stereocenters. The zero-order valence-corrected chi connectivity index (χ0v) is 23.2. The van der Waals surface area contributed by atoms with E-state index in [2.05, 4.69) is 15.6 Å². The maximum Gasteiger partial charge on any atom is 0.243 e. The molecule has 1 aliphatic rings. The number of thiazole rings is 1. The van der Waals surface area contributed by atoms with Crippen molar-refractivity contribution in [1.82, 2.24) is 9.29 Å². The number of ether oxygens (including phenoxy) is 2. The lowest BCUT2D eigenvalue weighted by atomic mass is 9.98. The van der Waals surface area contributed by atoms with Crippen LogP contribution in [0, 0.1) is 5.92 Å². The number of sulfonamides is 1. The van der Waals surface area contributed by atoms with E-state index in [9.17, 15) is 13.2 Å². The molecule has 2 N–H and O–H groups in total. The average molecular weight is 565 g/mol. The number of benzene rings is 2. The number of halogens is 1. The molecule has 198 valence electrons. The predicted molar refractivity (Wildman–Crippen MR) is 146 cm³/mol. The third-order valence-corrected chi connectivity index (χ3v) is 9.08. The summed E-state index contributed by atoms with van der Waals surface area (Å²) in [5, 5.41) is 8.89. The molecular weight excluding hydrogens is 536 g/mol. The summed E-state index contributed by atoms with van der Waals surface area (Å²) >= 11 is 7.71. The van der Waals surface area contributed by atoms with Crippen LogP contribution in [0.4, 0.5) is 10.8 Å². The first-order valence-corrected chi connectivity index (χ1v) is 14.5. The van der Waals surface area contributed by atoms with Gasteiger partial charge in [-0.1, -0.05) is 11.6 Å². The van der Waals surface area contributed by atoms with Crippen molar-refractivity contribution in [3.8, 4) is 22.8 Å². The fourth-order valence-electron chi connectivity index (χ4n) is 4.16. The number of rotatable bonds is 9. The van der Waals surface area contributed by atoms with Crippen LogP contribution in [0.15, 0.2) is 46.7 Å². The van der Waals surface area contributed by atoms with Crippen LogP contribution in [-0.2, 0) is 14.8 Å². The molecule has 0 radical (unpaired) electrons. The fraction of sp³-hybridized carbons (Fsp3) is 0.360. The Balaban J connectivity index is 1.51. The van der Waals surface area contributed by atoms with Gasteiger partial charge >= 0.3 is 0 Å². The minimum absolute atomic E-state index is 0.0681. The van der Waals surface area contributed by atoms with Gasteiger partial charge in [0.25, 0.3) is 0 Å². The van der Waals surface area contributed by atoms with Gasteiger partial charge in [-0.05, 0) is 56.2 Å². The second-order valence-corrected chi connectivity index (χ2v) is 11.6. The van der Waals surface area contributed by atoms with Crippen molar-refractivity contribution in [2.75, 3.05) is 44.5 Å². The Labute approximate surface area is 225 Å². The summed E-state index contributed by atoms with van der Waals surface area (Å²) < 4.78 is 38.9. The van der Waals surface area contributed by atoms with Gasteiger partial charge in [-0.3, -0.25) is 4.79 Å². The van der Waals surface area contributed by atoms with Gasteiger partial charge in [0.05, 0.1) is 40.9 Å². The quantitative estimate of drug-likeness (QED) is 0.378. The molecule has 1 fully saturated rings. The zero-order valence-electron chi connectivity index (χ0n) is 20.8. The summed E-state index contributed by atoms with van der Waals surface area (Å²) in [5.41, 5.74) is 2.10. The monoisotopic (exact) mass is 564 g/mol. The van der Waals surface area contributed by atoms with Crippen LogP contribution in [0.25, 0.3) is 11.3 Å². The highest BCUT2D eigenvalue weighted by Gasteiger charge is 2.34. The molecule has 0 spiro atoms. The Morgan fingerprint density at radius 3 is 2.70 bits per heavy atom. The van der Waals surface area contributed by atoms with Crippen molar-refractivity contribution in [3.05, 3.63) is 46.8 Å². The van der Waals surface area contributed by atoms with Gasteiger partial charge < -0.3 is 20.1 Å². The Kier molecular flexibility index (Phi) is 8.58. The number of carbonyl (C=O) groups excluding carboxylic acids is 1. The molecule has 1 amide bonds. The lowest BCUT2D eigenvalue weighted by Gasteiger charge is -2.31. The summed E-state index contributed by atoms with van der Waals surface area (Å²) in [6.45, 7) is 2.64. The summed E-state index contributed by atoms with van der Waals surface area (Å²) in [4.78, 5) is 17.8. The Morgan fingerprint density at radius 2 is 2.03 bits per heavy atom. The number of amides is 1. The van der Waals surface area contributed by atoms with E-state index in [-0.39, 0.29) is 22.4 Å². The van der Waals surface area contributed by atoms with E-state index in [1.54, 1.807) is 19.2 Å². The van der Waals surface area contributed by atoms with Crippen molar-refractivity contribution in [1.29, 1.82) is 0 Å². The highest BCUT2D eigenvalue weighted by molar-refractivity contribution is 7.89. The van der Waals surface area contributed by atoms with E-state index >= 15 is 0 Å². The smallest absolute Gasteiger partial charge is 0.243 e. The van der Waals surface area contributed by atoms with Crippen molar-refractivity contribution in [2.24, 2.45) is 5.92 Å². The number of anilines is 2. The second kappa shape index (κ2) is 11.7. The van der Waals surface area contributed by atoms with E-state index in [1.165, 1.54) is 34.9 Å². The Hall–Kier alpha value is -2.86. The van der Waals surface area contributed by atoms with Crippen LogP contribution in [-0.4, -0.2) is 57.5 Å². The molecule has 12 heteroatoms. The largest absolute Gasteiger partial charge is 0.495 e. The van der Waals surface area contributed by atoms with Gasteiger partial charge in [0.15, 0.2) is 5.13 Å². The zero-order chi connectivity index (χ0) is 26.6. The highest BCUT2D eigenvalue weighted by atomic mass is 35.5. The van der Waals surface area contributed by atoms with Crippen molar-refractivity contribution in [3.63, 3.8) is 0 Å². The van der Waals surface area contributed by atoms with E-state index in [4.69, 9.17) is 21.1 Å². The molecule has 1 unspecified atom stereocenters. The molecule has 0 aliphatic carbocycles. The van der Waals surface area contributed by atoms with Gasteiger partial charge in [0, 0.05) is 31.1 Å². The van der Waals surface area contributed by atoms with Gasteiger partial charge in [-0.25, -0.2) is 13.4 Å². The van der Waals surface area contributed by atoms with Gasteiger partial charge in [0.1, 0.15) is 11.5 Å². The van der Waals surface area contributed by atoms with Crippen molar-refractivity contribution >= 4 is 49.7 Å². The minimum atomic E-state index is -3.84. The second-order valence-electron chi connectivity index (χ2n) is 8.42. The van der Waals surface area contributed by atoms with Crippen molar-refractivity contribution < 1.29 is 22.7 Å². The summed E-state index contributed by atoms with van der Waals surface area (Å²) in [5.74, 6) is 0.139. The normalized spacial score (nSPS) is 16.3. The van der Waals surface area contributed by atoms with Crippen LogP contribution in [0.2, 0.25) is 5.02 Å². The molecule has 1 saturated heterocycles. The fourth-order valence-corrected chi connectivity index (χ4v) is 6.69. The highest BCUT2D eigenvalue weighted by Crippen LogP contribution is 2.34. The third kappa shape index (κ3) is 6.01. The number of methoxy groups -OCH3 is 1. The summed E-state index contributed by atoms with van der Waals surface area (Å²) in [6.07, 6.45) is 1.13. The first kappa shape index (κ1) is 27.2.